The van der Waals surface area contributed by atoms with Crippen LogP contribution in [0.2, 0.25) is 0 Å². The molecule has 7 nitrogen and oxygen atoms in total. The van der Waals surface area contributed by atoms with E-state index in [2.05, 4.69) is 12.2 Å². The van der Waals surface area contributed by atoms with Gasteiger partial charge in [0, 0.05) is 30.3 Å². The Morgan fingerprint density at radius 1 is 1.07 bits per heavy atom. The molecule has 0 aliphatic carbocycles. The number of carbonyl (C=O) groups excluding carboxylic acids is 1. The van der Waals surface area contributed by atoms with Crippen LogP contribution in [-0.2, 0) is 14.8 Å². The molecule has 0 spiro atoms. The number of amides is 1. The summed E-state index contributed by atoms with van der Waals surface area (Å²) < 4.78 is 37.9. The molecule has 2 atom stereocenters. The summed E-state index contributed by atoms with van der Waals surface area (Å²) in [6.07, 6.45) is 0.0172. The second kappa shape index (κ2) is 7.78. The molecule has 0 radical (unpaired) electrons. The topological polar surface area (TPSA) is 84.9 Å². The van der Waals surface area contributed by atoms with E-state index < -0.39 is 10.0 Å². The summed E-state index contributed by atoms with van der Waals surface area (Å²) in [6, 6.07) is 11.8. The second-order valence-electron chi connectivity index (χ2n) is 7.33. The molecule has 1 amide bonds. The Kier molecular flexibility index (Phi) is 5.33. The van der Waals surface area contributed by atoms with Crippen LogP contribution < -0.4 is 10.1 Å². The van der Waals surface area contributed by atoms with Crippen LogP contribution in [0.25, 0.3) is 0 Å². The van der Waals surface area contributed by atoms with E-state index in [0.29, 0.717) is 43.3 Å². The molecule has 1 N–H and O–H groups in total. The van der Waals surface area contributed by atoms with Gasteiger partial charge in [-0.2, -0.15) is 4.31 Å². The van der Waals surface area contributed by atoms with Gasteiger partial charge in [-0.05, 0) is 37.3 Å². The van der Waals surface area contributed by atoms with Crippen molar-refractivity contribution in [3.8, 4) is 5.75 Å². The first kappa shape index (κ1) is 19.9. The number of nitrogens with zero attached hydrogens (tertiary/aromatic N) is 1. The first-order valence-corrected chi connectivity index (χ1v) is 11.1. The van der Waals surface area contributed by atoms with Crippen LogP contribution in [-0.4, -0.2) is 51.0 Å². The molecule has 2 heterocycles. The Labute approximate surface area is 170 Å². The lowest BCUT2D eigenvalue weighted by atomic mass is 9.97. The van der Waals surface area contributed by atoms with Crippen LogP contribution in [0.3, 0.4) is 0 Å². The Morgan fingerprint density at radius 3 is 2.45 bits per heavy atom. The summed E-state index contributed by atoms with van der Waals surface area (Å²) in [6.45, 7) is 5.54. The second-order valence-corrected chi connectivity index (χ2v) is 9.27. The lowest BCUT2D eigenvalue weighted by Gasteiger charge is -2.26. The summed E-state index contributed by atoms with van der Waals surface area (Å²) in [5.74, 6) is 0.561. The predicted octanol–water partition coefficient (Wildman–Crippen LogP) is 2.84. The van der Waals surface area contributed by atoms with E-state index in [0.717, 1.165) is 5.56 Å². The molecule has 2 aliphatic heterocycles. The van der Waals surface area contributed by atoms with E-state index in [1.54, 1.807) is 18.2 Å². The lowest BCUT2D eigenvalue weighted by Crippen LogP contribution is -2.40. The summed E-state index contributed by atoms with van der Waals surface area (Å²) in [4.78, 5) is 13.0. The SMILES string of the molecule is CC1Oc2c(C(=O)Nc3ccc(S(=O)(=O)N4CCOCC4)cc3)cccc2C1C. The first-order valence-electron chi connectivity index (χ1n) is 9.67. The zero-order valence-electron chi connectivity index (χ0n) is 16.4. The van der Waals surface area contributed by atoms with Crippen LogP contribution in [0.4, 0.5) is 5.69 Å². The number of sulfonamides is 1. The van der Waals surface area contributed by atoms with Crippen LogP contribution in [0.1, 0.15) is 35.7 Å². The number of rotatable bonds is 4. The molecule has 8 heteroatoms. The molecule has 0 bridgehead atoms. The van der Waals surface area contributed by atoms with Crippen molar-refractivity contribution < 1.29 is 22.7 Å². The summed E-state index contributed by atoms with van der Waals surface area (Å²) in [5.41, 5.74) is 2.02. The van der Waals surface area contributed by atoms with E-state index in [1.807, 2.05) is 19.1 Å². The van der Waals surface area contributed by atoms with Crippen LogP contribution in [0, 0.1) is 0 Å². The maximum atomic E-state index is 12.8. The van der Waals surface area contributed by atoms with Gasteiger partial charge in [0.25, 0.3) is 5.91 Å². The predicted molar refractivity (Wildman–Crippen MR) is 109 cm³/mol. The molecule has 2 unspecified atom stereocenters. The molecule has 1 saturated heterocycles. The number of carbonyl (C=O) groups is 1. The van der Waals surface area contributed by atoms with Gasteiger partial charge in [-0.25, -0.2) is 8.42 Å². The van der Waals surface area contributed by atoms with E-state index in [9.17, 15) is 13.2 Å². The standard InChI is InChI=1S/C21H24N2O5S/c1-14-15(2)28-20-18(14)4-3-5-19(20)21(24)22-16-6-8-17(9-7-16)29(25,26)23-10-12-27-13-11-23/h3-9,14-15H,10-13H2,1-2H3,(H,22,24). The number of hydrogen-bond donors (Lipinski definition) is 1. The third-order valence-corrected chi connectivity index (χ3v) is 7.42. The summed E-state index contributed by atoms with van der Waals surface area (Å²) in [5, 5.41) is 2.83. The van der Waals surface area contributed by atoms with Gasteiger partial charge in [0.05, 0.1) is 23.7 Å². The molecule has 29 heavy (non-hydrogen) atoms. The molecule has 1 fully saturated rings. The summed E-state index contributed by atoms with van der Waals surface area (Å²) >= 11 is 0. The van der Waals surface area contributed by atoms with Gasteiger partial charge in [0.2, 0.25) is 10.0 Å². The third kappa shape index (κ3) is 3.75. The maximum Gasteiger partial charge on any atom is 0.259 e. The van der Waals surface area contributed by atoms with Crippen molar-refractivity contribution in [2.45, 2.75) is 30.8 Å². The fraction of sp³-hybridized carbons (Fsp3) is 0.381. The number of morpholine rings is 1. The number of hydrogen-bond acceptors (Lipinski definition) is 5. The van der Waals surface area contributed by atoms with Crippen LogP contribution >= 0.6 is 0 Å². The summed E-state index contributed by atoms with van der Waals surface area (Å²) in [7, 11) is -3.56. The third-order valence-electron chi connectivity index (χ3n) is 5.51. The number of nitrogens with one attached hydrogen (secondary N) is 1. The highest BCUT2D eigenvalue weighted by molar-refractivity contribution is 7.89. The zero-order chi connectivity index (χ0) is 20.6. The fourth-order valence-corrected chi connectivity index (χ4v) is 5.02. The van der Waals surface area contributed by atoms with Gasteiger partial charge in [0.1, 0.15) is 11.9 Å². The molecule has 154 valence electrons. The Morgan fingerprint density at radius 2 is 1.76 bits per heavy atom. The molecule has 2 aromatic carbocycles. The van der Waals surface area contributed by atoms with Gasteiger partial charge in [-0.15, -0.1) is 0 Å². The highest BCUT2D eigenvalue weighted by atomic mass is 32.2. The molecule has 0 saturated carbocycles. The smallest absolute Gasteiger partial charge is 0.259 e. The van der Waals surface area contributed by atoms with Crippen molar-refractivity contribution in [3.05, 3.63) is 53.6 Å². The first-order chi connectivity index (χ1) is 13.9. The van der Waals surface area contributed by atoms with Crippen molar-refractivity contribution in [1.29, 1.82) is 0 Å². The number of ether oxygens (including phenoxy) is 2. The van der Waals surface area contributed by atoms with Crippen molar-refractivity contribution in [2.24, 2.45) is 0 Å². The molecular weight excluding hydrogens is 392 g/mol. The average molecular weight is 416 g/mol. The Bertz CT molecular complexity index is 1010. The van der Waals surface area contributed by atoms with Crippen LogP contribution in [0.5, 0.6) is 5.75 Å². The highest BCUT2D eigenvalue weighted by Crippen LogP contribution is 2.40. The largest absolute Gasteiger partial charge is 0.489 e. The normalized spacial score (nSPS) is 22.0. The van der Waals surface area contributed by atoms with E-state index >= 15 is 0 Å². The monoisotopic (exact) mass is 416 g/mol. The molecule has 4 rings (SSSR count). The van der Waals surface area contributed by atoms with Crippen molar-refractivity contribution in [3.63, 3.8) is 0 Å². The van der Waals surface area contributed by atoms with E-state index in [4.69, 9.17) is 9.47 Å². The van der Waals surface area contributed by atoms with Crippen molar-refractivity contribution >= 4 is 21.6 Å². The van der Waals surface area contributed by atoms with Gasteiger partial charge in [0.15, 0.2) is 0 Å². The minimum absolute atomic E-state index is 0.0172. The molecule has 0 aromatic heterocycles. The highest BCUT2D eigenvalue weighted by Gasteiger charge is 2.31. The van der Waals surface area contributed by atoms with Gasteiger partial charge in [-0.3, -0.25) is 4.79 Å². The van der Waals surface area contributed by atoms with Crippen LogP contribution in [0.15, 0.2) is 47.4 Å². The average Bonchev–Trinajstić information content (AvgIpc) is 3.03. The number of benzene rings is 2. The lowest BCUT2D eigenvalue weighted by molar-refractivity contribution is 0.0730. The minimum Gasteiger partial charge on any atom is -0.489 e. The van der Waals surface area contributed by atoms with E-state index in [1.165, 1.54) is 16.4 Å². The fourth-order valence-electron chi connectivity index (χ4n) is 3.61. The Balaban J connectivity index is 1.51. The van der Waals surface area contributed by atoms with Crippen molar-refractivity contribution in [2.75, 3.05) is 31.6 Å². The van der Waals surface area contributed by atoms with Gasteiger partial charge in [-0.1, -0.05) is 19.1 Å². The van der Waals surface area contributed by atoms with E-state index in [-0.39, 0.29) is 22.8 Å². The molecule has 2 aromatic rings. The number of anilines is 1. The number of para-hydroxylation sites is 1. The van der Waals surface area contributed by atoms with Crippen molar-refractivity contribution in [1.82, 2.24) is 4.31 Å². The minimum atomic E-state index is -3.56. The Hall–Kier alpha value is -2.42. The van der Waals surface area contributed by atoms with Gasteiger partial charge >= 0.3 is 0 Å². The zero-order valence-corrected chi connectivity index (χ0v) is 17.2. The quantitative estimate of drug-likeness (QED) is 0.829. The number of fused-ring (bicyclic) bond motifs is 1. The molecular formula is C21H24N2O5S. The maximum absolute atomic E-state index is 12.8. The molecule has 2 aliphatic rings. The van der Waals surface area contributed by atoms with Gasteiger partial charge < -0.3 is 14.8 Å².